The van der Waals surface area contributed by atoms with Gasteiger partial charge in [0, 0.05) is 29.4 Å². The Morgan fingerprint density at radius 1 is 1.42 bits per heavy atom. The molecule has 5 heterocycles. The van der Waals surface area contributed by atoms with E-state index in [4.69, 9.17) is 0 Å². The molecular weight excluding hydrogens is 322 g/mol. The molecular formula is C18H21N3O2S. The molecule has 3 aliphatic rings. The minimum Gasteiger partial charge on any atom is -0.393 e. The predicted molar refractivity (Wildman–Crippen MR) is 91.8 cm³/mol. The molecule has 1 amide bonds. The van der Waals surface area contributed by atoms with Crippen LogP contribution < -0.4 is 0 Å². The summed E-state index contributed by atoms with van der Waals surface area (Å²) in [6, 6.07) is 2.72. The molecule has 6 heteroatoms. The van der Waals surface area contributed by atoms with Gasteiger partial charge in [-0.3, -0.25) is 4.79 Å². The van der Waals surface area contributed by atoms with Crippen LogP contribution in [0, 0.1) is 5.92 Å². The summed E-state index contributed by atoms with van der Waals surface area (Å²) in [4.78, 5) is 19.5. The molecule has 3 aliphatic heterocycles. The van der Waals surface area contributed by atoms with Crippen LogP contribution in [0.3, 0.4) is 0 Å². The number of carbonyl (C=O) groups excluding carboxylic acids is 1. The molecule has 0 spiro atoms. The van der Waals surface area contributed by atoms with Gasteiger partial charge in [0.1, 0.15) is 0 Å². The van der Waals surface area contributed by atoms with Gasteiger partial charge in [0.2, 0.25) is 5.91 Å². The number of aliphatic hydroxyl groups is 1. The zero-order chi connectivity index (χ0) is 16.3. The number of amides is 1. The minimum atomic E-state index is -0.323. The van der Waals surface area contributed by atoms with Crippen LogP contribution in [0.2, 0.25) is 0 Å². The van der Waals surface area contributed by atoms with Crippen molar-refractivity contribution >= 4 is 17.2 Å². The molecule has 2 aromatic rings. The van der Waals surface area contributed by atoms with Gasteiger partial charge in [0.15, 0.2) is 0 Å². The molecule has 0 saturated carbocycles. The van der Waals surface area contributed by atoms with E-state index in [9.17, 15) is 9.90 Å². The molecule has 4 atom stereocenters. The number of hydrogen-bond donors (Lipinski definition) is 1. The van der Waals surface area contributed by atoms with Crippen LogP contribution in [-0.2, 0) is 4.79 Å². The fourth-order valence-corrected chi connectivity index (χ4v) is 5.80. The van der Waals surface area contributed by atoms with E-state index in [-0.39, 0.29) is 12.1 Å². The van der Waals surface area contributed by atoms with Crippen molar-refractivity contribution in [1.82, 2.24) is 14.5 Å². The Labute approximate surface area is 144 Å². The first-order valence-corrected chi connectivity index (χ1v) is 9.67. The minimum absolute atomic E-state index is 0.204. The van der Waals surface area contributed by atoms with Gasteiger partial charge in [0.25, 0.3) is 0 Å². The quantitative estimate of drug-likeness (QED) is 0.932. The average molecular weight is 343 g/mol. The maximum absolute atomic E-state index is 11.8. The van der Waals surface area contributed by atoms with Crippen LogP contribution in [0.1, 0.15) is 43.0 Å². The first-order valence-electron chi connectivity index (χ1n) is 8.79. The molecule has 126 valence electrons. The van der Waals surface area contributed by atoms with Gasteiger partial charge < -0.3 is 14.6 Å². The highest BCUT2D eigenvalue weighted by Gasteiger charge is 2.40. The van der Waals surface area contributed by atoms with Gasteiger partial charge >= 0.3 is 0 Å². The Morgan fingerprint density at radius 2 is 2.33 bits per heavy atom. The van der Waals surface area contributed by atoms with Crippen LogP contribution >= 0.6 is 11.3 Å². The number of aromatic nitrogens is 2. The number of imidazole rings is 1. The predicted octanol–water partition coefficient (Wildman–Crippen LogP) is 2.67. The van der Waals surface area contributed by atoms with Crippen LogP contribution in [0.5, 0.6) is 0 Å². The topological polar surface area (TPSA) is 58.4 Å². The van der Waals surface area contributed by atoms with E-state index in [1.807, 2.05) is 17.4 Å². The average Bonchev–Trinajstić information content (AvgIpc) is 3.33. The summed E-state index contributed by atoms with van der Waals surface area (Å²) in [5, 5.41) is 13.0. The molecule has 24 heavy (non-hydrogen) atoms. The molecule has 1 unspecified atom stereocenters. The van der Waals surface area contributed by atoms with Crippen molar-refractivity contribution in [3.63, 3.8) is 0 Å². The number of fused-ring (bicyclic) bond motifs is 4. The summed E-state index contributed by atoms with van der Waals surface area (Å²) in [6.45, 7) is 0.816. The van der Waals surface area contributed by atoms with Gasteiger partial charge in [-0.1, -0.05) is 0 Å². The first-order chi connectivity index (χ1) is 11.7. The summed E-state index contributed by atoms with van der Waals surface area (Å²) >= 11 is 1.77. The molecule has 0 aliphatic carbocycles. The molecule has 0 radical (unpaired) electrons. The Balaban J connectivity index is 1.33. The highest BCUT2D eigenvalue weighted by atomic mass is 32.1. The van der Waals surface area contributed by atoms with Crippen molar-refractivity contribution in [2.24, 2.45) is 5.92 Å². The Bertz CT molecular complexity index is 743. The normalized spacial score (nSPS) is 29.5. The largest absolute Gasteiger partial charge is 0.393 e. The van der Waals surface area contributed by atoms with Crippen molar-refractivity contribution in [3.05, 3.63) is 28.8 Å². The second-order valence-electron chi connectivity index (χ2n) is 7.27. The second kappa shape index (κ2) is 5.43. The van der Waals surface area contributed by atoms with Crippen molar-refractivity contribution in [3.8, 4) is 11.3 Å². The van der Waals surface area contributed by atoms with Crippen LogP contribution in [0.25, 0.3) is 11.3 Å². The van der Waals surface area contributed by atoms with Crippen LogP contribution in [0.4, 0.5) is 0 Å². The van der Waals surface area contributed by atoms with E-state index in [2.05, 4.69) is 21.0 Å². The number of carbonyl (C=O) groups is 1. The summed E-state index contributed by atoms with van der Waals surface area (Å²) in [6.07, 6.45) is 7.74. The molecule has 0 bridgehead atoms. The fraction of sp³-hybridized carbons (Fsp3) is 0.556. The number of aliphatic hydroxyl groups excluding tert-OH is 1. The monoisotopic (exact) mass is 343 g/mol. The van der Waals surface area contributed by atoms with E-state index < -0.39 is 0 Å². The second-order valence-corrected chi connectivity index (χ2v) is 8.22. The van der Waals surface area contributed by atoms with Crippen molar-refractivity contribution in [1.29, 1.82) is 0 Å². The smallest absolute Gasteiger partial charge is 0.222 e. The fourth-order valence-electron chi connectivity index (χ4n) is 4.79. The van der Waals surface area contributed by atoms with E-state index >= 15 is 0 Å². The summed E-state index contributed by atoms with van der Waals surface area (Å²) in [5.41, 5.74) is 2.44. The molecule has 5 nitrogen and oxygen atoms in total. The SMILES string of the molecule is O=C1CCC2C[C@H]([C@@H](O)C[C@@H]3c4sccc4-c4cncn43)CCN12. The number of rotatable bonds is 3. The number of piperidine rings is 1. The summed E-state index contributed by atoms with van der Waals surface area (Å²) < 4.78 is 2.21. The van der Waals surface area contributed by atoms with Crippen LogP contribution in [0.15, 0.2) is 24.0 Å². The van der Waals surface area contributed by atoms with Crippen molar-refractivity contribution in [2.45, 2.75) is 50.3 Å². The third-order valence-electron chi connectivity index (χ3n) is 6.05. The lowest BCUT2D eigenvalue weighted by atomic mass is 9.84. The summed E-state index contributed by atoms with van der Waals surface area (Å²) in [7, 11) is 0. The van der Waals surface area contributed by atoms with Crippen LogP contribution in [-0.4, -0.2) is 44.2 Å². The third-order valence-corrected chi connectivity index (χ3v) is 7.07. The number of thiophene rings is 1. The first kappa shape index (κ1) is 14.7. The Kier molecular flexibility index (Phi) is 3.31. The molecule has 1 N–H and O–H groups in total. The van der Waals surface area contributed by atoms with Gasteiger partial charge in [-0.15, -0.1) is 11.3 Å². The maximum atomic E-state index is 11.8. The van der Waals surface area contributed by atoms with Gasteiger partial charge in [-0.2, -0.15) is 0 Å². The maximum Gasteiger partial charge on any atom is 0.222 e. The highest BCUT2D eigenvalue weighted by Crippen LogP contribution is 2.45. The standard InChI is InChI=1S/C18H21N3O2S/c22-16(11-3-5-20-12(7-11)1-2-17(20)23)8-14-18-13(4-6-24-18)15-9-19-10-21(14)15/h4,6,9-12,14,16,22H,1-3,5,7-8H2/t11-,12?,14-,16+/m1/s1. The Morgan fingerprint density at radius 3 is 3.25 bits per heavy atom. The molecule has 2 fully saturated rings. The molecule has 2 saturated heterocycles. The number of hydrogen-bond acceptors (Lipinski definition) is 4. The lowest BCUT2D eigenvalue weighted by molar-refractivity contribution is -0.131. The van der Waals surface area contributed by atoms with Gasteiger partial charge in [-0.25, -0.2) is 4.98 Å². The summed E-state index contributed by atoms with van der Waals surface area (Å²) in [5.74, 6) is 0.600. The van der Waals surface area contributed by atoms with E-state index in [0.29, 0.717) is 24.3 Å². The number of nitrogens with zero attached hydrogens (tertiary/aromatic N) is 3. The van der Waals surface area contributed by atoms with E-state index in [1.165, 1.54) is 16.1 Å². The van der Waals surface area contributed by atoms with Crippen molar-refractivity contribution < 1.29 is 9.90 Å². The zero-order valence-corrected chi connectivity index (χ0v) is 14.3. The molecule has 5 rings (SSSR count). The lowest BCUT2D eigenvalue weighted by Crippen LogP contribution is -2.43. The molecule has 0 aromatic carbocycles. The highest BCUT2D eigenvalue weighted by molar-refractivity contribution is 7.10. The van der Waals surface area contributed by atoms with E-state index in [1.54, 1.807) is 11.3 Å². The van der Waals surface area contributed by atoms with Gasteiger partial charge in [0.05, 0.1) is 30.4 Å². The van der Waals surface area contributed by atoms with E-state index in [0.717, 1.165) is 32.2 Å². The van der Waals surface area contributed by atoms with Crippen molar-refractivity contribution in [2.75, 3.05) is 6.54 Å². The zero-order valence-electron chi connectivity index (χ0n) is 13.5. The Hall–Kier alpha value is -1.66. The van der Waals surface area contributed by atoms with Gasteiger partial charge in [-0.05, 0) is 43.0 Å². The lowest BCUT2D eigenvalue weighted by Gasteiger charge is -2.37. The third kappa shape index (κ3) is 2.09. The molecule has 2 aromatic heterocycles.